The lowest BCUT2D eigenvalue weighted by molar-refractivity contribution is -0.120. The lowest BCUT2D eigenvalue weighted by atomic mass is 9.86. The number of carbonyl (C=O) groups excluding carboxylic acids is 2. The zero-order valence-corrected chi connectivity index (χ0v) is 22.7. The molecule has 1 aliphatic rings. The van der Waals surface area contributed by atoms with Crippen molar-refractivity contribution in [3.8, 4) is 0 Å². The monoisotopic (exact) mass is 511 g/mol. The van der Waals surface area contributed by atoms with Gasteiger partial charge in [0.1, 0.15) is 4.88 Å². The number of alkyl halides is 2. The minimum absolute atomic E-state index is 0.0774. The molecule has 8 heteroatoms. The number of nitrogens with zero attached hydrogens (tertiary/aromatic N) is 1. The topological polar surface area (TPSA) is 55.8 Å². The first-order valence-electron chi connectivity index (χ1n) is 12.2. The predicted octanol–water partition coefficient (Wildman–Crippen LogP) is 6.99. The van der Waals surface area contributed by atoms with Gasteiger partial charge in [0.25, 0.3) is 0 Å². The zero-order chi connectivity index (χ0) is 26.3. The Balaban J connectivity index is 2.53. The van der Waals surface area contributed by atoms with Crippen molar-refractivity contribution in [2.45, 2.75) is 84.3 Å². The van der Waals surface area contributed by atoms with E-state index in [-0.39, 0.29) is 36.8 Å². The van der Waals surface area contributed by atoms with Crippen molar-refractivity contribution in [2.75, 3.05) is 19.1 Å². The van der Waals surface area contributed by atoms with Crippen molar-refractivity contribution >= 4 is 28.9 Å². The van der Waals surface area contributed by atoms with Crippen molar-refractivity contribution in [3.05, 3.63) is 40.1 Å². The number of carbonyl (C=O) groups is 2. The normalized spacial score (nSPS) is 19.3. The average molecular weight is 512 g/mol. The lowest BCUT2D eigenvalue weighted by Gasteiger charge is -2.30. The fourth-order valence-electron chi connectivity index (χ4n) is 4.05. The van der Waals surface area contributed by atoms with Crippen LogP contribution in [0.2, 0.25) is 0 Å². The van der Waals surface area contributed by atoms with Crippen LogP contribution in [0.25, 0.3) is 0 Å². The number of allylic oxidation sites excluding steroid dienone is 1. The Hall–Kier alpha value is -2.06. The molecule has 1 fully saturated rings. The second-order valence-electron chi connectivity index (χ2n) is 9.68. The first-order valence-corrected chi connectivity index (χ1v) is 13.0. The number of methoxy groups -OCH3 is 2. The van der Waals surface area contributed by atoms with E-state index in [0.717, 1.165) is 4.88 Å². The van der Waals surface area contributed by atoms with Gasteiger partial charge in [0.15, 0.2) is 0 Å². The fourth-order valence-corrected chi connectivity index (χ4v) is 5.29. The van der Waals surface area contributed by atoms with E-state index in [9.17, 15) is 18.4 Å². The molecule has 1 heterocycles. The molecule has 0 saturated heterocycles. The molecule has 196 valence electrons. The summed E-state index contributed by atoms with van der Waals surface area (Å²) in [4.78, 5) is 29.2. The van der Waals surface area contributed by atoms with Gasteiger partial charge in [-0.1, -0.05) is 45.1 Å². The molecule has 1 aliphatic carbocycles. The highest BCUT2D eigenvalue weighted by molar-refractivity contribution is 7.14. The summed E-state index contributed by atoms with van der Waals surface area (Å²) in [5.41, 5.74) is 0.464. The molecule has 0 aliphatic heterocycles. The first kappa shape index (κ1) is 29.2. The molecule has 0 radical (unpaired) electrons. The summed E-state index contributed by atoms with van der Waals surface area (Å²) in [6.45, 7) is 9.69. The van der Waals surface area contributed by atoms with Gasteiger partial charge in [-0.2, -0.15) is 0 Å². The Morgan fingerprint density at radius 2 is 1.69 bits per heavy atom. The highest BCUT2D eigenvalue weighted by Gasteiger charge is 2.37. The minimum atomic E-state index is -2.64. The maximum Gasteiger partial charge on any atom is 0.350 e. The summed E-state index contributed by atoms with van der Waals surface area (Å²) in [6.07, 6.45) is 7.80. The van der Waals surface area contributed by atoms with Crippen LogP contribution in [-0.2, 0) is 14.3 Å². The highest BCUT2D eigenvalue weighted by Crippen LogP contribution is 2.45. The van der Waals surface area contributed by atoms with Crippen molar-refractivity contribution in [1.82, 2.24) is 0 Å². The summed E-state index contributed by atoms with van der Waals surface area (Å²) in [7, 11) is 2.91. The zero-order valence-electron chi connectivity index (χ0n) is 21.8. The van der Waals surface area contributed by atoms with Crippen LogP contribution in [0.15, 0.2) is 30.4 Å². The summed E-state index contributed by atoms with van der Waals surface area (Å²) in [6, 6.07) is 1.45. The SMILES string of the molecule is COC(=O)c1sc(C2CCC(F)(F)CC2)cc1N(C(=O)C(C)/C=C/C(C)C)C(C)/C=C/C(C)OC. The number of amides is 1. The molecule has 1 aromatic rings. The molecule has 3 unspecified atom stereocenters. The summed E-state index contributed by atoms with van der Waals surface area (Å²) in [5.74, 6) is -3.54. The van der Waals surface area contributed by atoms with Gasteiger partial charge in [0.05, 0.1) is 30.9 Å². The number of thiophene rings is 1. The molecule has 2 rings (SSSR count). The van der Waals surface area contributed by atoms with Crippen LogP contribution in [0.5, 0.6) is 0 Å². The number of anilines is 1. The second-order valence-corrected chi connectivity index (χ2v) is 10.8. The number of ether oxygens (including phenoxy) is 2. The van der Waals surface area contributed by atoms with Gasteiger partial charge < -0.3 is 14.4 Å². The van der Waals surface area contributed by atoms with Crippen LogP contribution in [0, 0.1) is 11.8 Å². The molecular formula is C27H39F2NO4S. The number of hydrogen-bond acceptors (Lipinski definition) is 5. The molecule has 3 atom stereocenters. The summed E-state index contributed by atoms with van der Waals surface area (Å²) in [5, 5.41) is 0. The molecule has 35 heavy (non-hydrogen) atoms. The van der Waals surface area contributed by atoms with Gasteiger partial charge in [-0.25, -0.2) is 13.6 Å². The van der Waals surface area contributed by atoms with Crippen LogP contribution in [0.3, 0.4) is 0 Å². The Labute approximate surface area is 212 Å². The van der Waals surface area contributed by atoms with Gasteiger partial charge in [0.2, 0.25) is 11.8 Å². The third kappa shape index (κ3) is 7.97. The maximum absolute atomic E-state index is 13.8. The standard InChI is InChI=1S/C27H39F2NO4S/c1-17(2)8-9-18(3)25(31)30(19(4)10-11-20(5)33-6)22-16-23(35-24(22)26(32)34-7)21-12-14-27(28,29)15-13-21/h8-11,16-21H,12-15H2,1-7H3/b9-8+,11-10+. The number of halogens is 2. The van der Waals surface area contributed by atoms with Crippen molar-refractivity contribution in [3.63, 3.8) is 0 Å². The van der Waals surface area contributed by atoms with Gasteiger partial charge in [-0.3, -0.25) is 4.79 Å². The lowest BCUT2D eigenvalue weighted by Crippen LogP contribution is -2.41. The van der Waals surface area contributed by atoms with Crippen molar-refractivity contribution < 1.29 is 27.8 Å². The number of esters is 1. The van der Waals surface area contributed by atoms with Crippen LogP contribution in [-0.4, -0.2) is 44.2 Å². The molecule has 0 aromatic carbocycles. The third-order valence-electron chi connectivity index (χ3n) is 6.33. The minimum Gasteiger partial charge on any atom is -0.465 e. The van der Waals surface area contributed by atoms with Gasteiger partial charge in [-0.15, -0.1) is 11.3 Å². The second kappa shape index (κ2) is 12.8. The number of rotatable bonds is 10. The van der Waals surface area contributed by atoms with E-state index in [1.54, 1.807) is 12.0 Å². The van der Waals surface area contributed by atoms with E-state index in [2.05, 4.69) is 0 Å². The van der Waals surface area contributed by atoms with E-state index in [0.29, 0.717) is 29.3 Å². The van der Waals surface area contributed by atoms with E-state index in [4.69, 9.17) is 9.47 Å². The van der Waals surface area contributed by atoms with Gasteiger partial charge in [0, 0.05) is 24.8 Å². The van der Waals surface area contributed by atoms with E-state index >= 15 is 0 Å². The maximum atomic E-state index is 13.8. The molecule has 1 aromatic heterocycles. The van der Waals surface area contributed by atoms with Crippen LogP contribution in [0.4, 0.5) is 14.5 Å². The molecule has 0 spiro atoms. The quantitative estimate of drug-likeness (QED) is 0.251. The Morgan fingerprint density at radius 1 is 1.06 bits per heavy atom. The molecule has 0 bridgehead atoms. The Kier molecular flexibility index (Phi) is 10.6. The van der Waals surface area contributed by atoms with Crippen LogP contribution in [0.1, 0.15) is 80.8 Å². The molecule has 1 saturated carbocycles. The molecular weight excluding hydrogens is 472 g/mol. The van der Waals surface area contributed by atoms with Gasteiger partial charge >= 0.3 is 5.97 Å². The van der Waals surface area contributed by atoms with E-state index < -0.39 is 17.8 Å². The predicted molar refractivity (Wildman–Crippen MR) is 138 cm³/mol. The molecule has 5 nitrogen and oxygen atoms in total. The van der Waals surface area contributed by atoms with E-state index in [1.807, 2.05) is 65.0 Å². The van der Waals surface area contributed by atoms with Gasteiger partial charge in [-0.05, 0) is 44.6 Å². The number of hydrogen-bond donors (Lipinski definition) is 0. The molecule has 1 amide bonds. The summed E-state index contributed by atoms with van der Waals surface area (Å²) < 4.78 is 37.8. The van der Waals surface area contributed by atoms with E-state index in [1.165, 1.54) is 18.4 Å². The average Bonchev–Trinajstić information content (AvgIpc) is 3.24. The highest BCUT2D eigenvalue weighted by atomic mass is 32.1. The van der Waals surface area contributed by atoms with Crippen LogP contribution < -0.4 is 4.90 Å². The molecule has 0 N–H and O–H groups in total. The van der Waals surface area contributed by atoms with Crippen molar-refractivity contribution in [2.24, 2.45) is 11.8 Å². The first-order chi connectivity index (χ1) is 16.4. The van der Waals surface area contributed by atoms with Crippen molar-refractivity contribution in [1.29, 1.82) is 0 Å². The largest absolute Gasteiger partial charge is 0.465 e. The smallest absolute Gasteiger partial charge is 0.350 e. The fraction of sp³-hybridized carbons (Fsp3) is 0.630. The summed E-state index contributed by atoms with van der Waals surface area (Å²) >= 11 is 1.24. The Bertz CT molecular complexity index is 914. The Morgan fingerprint density at radius 3 is 2.23 bits per heavy atom. The third-order valence-corrected chi connectivity index (χ3v) is 7.60. The van der Waals surface area contributed by atoms with Crippen LogP contribution >= 0.6 is 11.3 Å².